The van der Waals surface area contributed by atoms with Crippen molar-refractivity contribution >= 4 is 26.8 Å². The highest BCUT2D eigenvalue weighted by atomic mass is 79.9. The molecule has 0 spiro atoms. The van der Waals surface area contributed by atoms with Crippen LogP contribution in [0.1, 0.15) is 29.8 Å². The maximum atomic E-state index is 14.9. The Hall–Kier alpha value is -1.83. The zero-order chi connectivity index (χ0) is 20.0. The van der Waals surface area contributed by atoms with Crippen molar-refractivity contribution in [3.8, 4) is 0 Å². The molecule has 3 aromatic rings. The van der Waals surface area contributed by atoms with Crippen molar-refractivity contribution in [3.05, 3.63) is 69.3 Å². The number of fused-ring (bicyclic) bond motifs is 3. The number of aliphatic hydroxyl groups excluding tert-OH is 1. The molecule has 28 heavy (non-hydrogen) atoms. The molecule has 0 fully saturated rings. The Labute approximate surface area is 169 Å². The molecule has 0 saturated carbocycles. The summed E-state index contributed by atoms with van der Waals surface area (Å²) in [6, 6.07) is 9.17. The van der Waals surface area contributed by atoms with Gasteiger partial charge in [0.2, 0.25) is 0 Å². The molecule has 3 nitrogen and oxygen atoms in total. The van der Waals surface area contributed by atoms with Crippen LogP contribution in [0.4, 0.5) is 13.2 Å². The second-order valence-corrected chi connectivity index (χ2v) is 8.19. The van der Waals surface area contributed by atoms with Gasteiger partial charge in [0, 0.05) is 39.2 Å². The number of H-pyrrole nitrogens is 1. The van der Waals surface area contributed by atoms with E-state index in [4.69, 9.17) is 0 Å². The first-order valence-corrected chi connectivity index (χ1v) is 9.94. The summed E-state index contributed by atoms with van der Waals surface area (Å²) < 4.78 is 44.3. The first kappa shape index (κ1) is 19.5. The highest BCUT2D eigenvalue weighted by Gasteiger charge is 2.39. The molecule has 0 saturated heterocycles. The van der Waals surface area contributed by atoms with E-state index >= 15 is 0 Å². The first-order valence-electron chi connectivity index (χ1n) is 9.15. The van der Waals surface area contributed by atoms with Crippen LogP contribution in [0.2, 0.25) is 0 Å². The van der Waals surface area contributed by atoms with Crippen molar-refractivity contribution < 1.29 is 18.3 Å². The Morgan fingerprint density at radius 3 is 2.61 bits per heavy atom. The number of benzene rings is 2. The molecule has 0 aliphatic carbocycles. The molecule has 1 aliphatic rings. The van der Waals surface area contributed by atoms with E-state index in [1.165, 1.54) is 12.1 Å². The number of aliphatic hydroxyl groups is 1. The van der Waals surface area contributed by atoms with Crippen LogP contribution in [0.5, 0.6) is 0 Å². The van der Waals surface area contributed by atoms with Crippen molar-refractivity contribution in [3.63, 3.8) is 0 Å². The van der Waals surface area contributed by atoms with Crippen LogP contribution in [0, 0.1) is 11.6 Å². The van der Waals surface area contributed by atoms with Gasteiger partial charge in [-0.05, 0) is 37.1 Å². The van der Waals surface area contributed by atoms with Gasteiger partial charge in [-0.25, -0.2) is 13.2 Å². The van der Waals surface area contributed by atoms with Gasteiger partial charge in [-0.1, -0.05) is 34.1 Å². The molecule has 2 aromatic carbocycles. The molecule has 1 aromatic heterocycles. The molecule has 2 heterocycles. The number of nitrogens with zero attached hydrogens (tertiary/aromatic N) is 1. The molecule has 3 atom stereocenters. The van der Waals surface area contributed by atoms with Crippen LogP contribution < -0.4 is 0 Å². The van der Waals surface area contributed by atoms with E-state index in [-0.39, 0.29) is 18.2 Å². The minimum absolute atomic E-state index is 0.118. The van der Waals surface area contributed by atoms with Crippen LogP contribution >= 0.6 is 15.9 Å². The van der Waals surface area contributed by atoms with E-state index in [1.807, 2.05) is 31.2 Å². The van der Waals surface area contributed by atoms with E-state index in [9.17, 15) is 18.3 Å². The normalized spacial score (nSPS) is 21.1. The lowest BCUT2D eigenvalue weighted by atomic mass is 9.88. The molecule has 4 rings (SSSR count). The van der Waals surface area contributed by atoms with Crippen LogP contribution in [0.3, 0.4) is 0 Å². The fraction of sp³-hybridized carbons (Fsp3) is 0.333. The highest BCUT2D eigenvalue weighted by Crippen LogP contribution is 2.42. The number of alkyl halides is 1. The average molecular weight is 453 g/mol. The van der Waals surface area contributed by atoms with Gasteiger partial charge in [0.15, 0.2) is 0 Å². The largest absolute Gasteiger partial charge is 0.393 e. The number of aromatic amines is 1. The van der Waals surface area contributed by atoms with Crippen molar-refractivity contribution in [2.24, 2.45) is 0 Å². The minimum Gasteiger partial charge on any atom is -0.393 e. The maximum Gasteiger partial charge on any atom is 0.136 e. The van der Waals surface area contributed by atoms with E-state index < -0.39 is 30.5 Å². The molecule has 1 aliphatic heterocycles. The van der Waals surface area contributed by atoms with Gasteiger partial charge in [-0.15, -0.1) is 0 Å². The van der Waals surface area contributed by atoms with E-state index in [1.54, 1.807) is 4.90 Å². The van der Waals surface area contributed by atoms with Crippen LogP contribution in [0.15, 0.2) is 40.9 Å². The molecule has 0 radical (unpaired) electrons. The third-order valence-corrected chi connectivity index (χ3v) is 5.90. The predicted octanol–water partition coefficient (Wildman–Crippen LogP) is 4.88. The second kappa shape index (κ2) is 7.54. The number of aromatic nitrogens is 1. The van der Waals surface area contributed by atoms with E-state index in [0.29, 0.717) is 16.6 Å². The Morgan fingerprint density at radius 1 is 1.25 bits per heavy atom. The number of rotatable bonds is 4. The number of nitrogens with one attached hydrogen (secondary N) is 1. The number of hydrogen-bond donors (Lipinski definition) is 2. The van der Waals surface area contributed by atoms with Gasteiger partial charge in [-0.2, -0.15) is 0 Å². The Morgan fingerprint density at radius 2 is 1.93 bits per heavy atom. The Kier molecular flexibility index (Phi) is 5.24. The third kappa shape index (κ3) is 3.25. The van der Waals surface area contributed by atoms with Crippen molar-refractivity contribution in [1.82, 2.24) is 9.88 Å². The average Bonchev–Trinajstić information content (AvgIpc) is 3.01. The number of halogens is 4. The number of para-hydroxylation sites is 1. The van der Waals surface area contributed by atoms with Crippen LogP contribution in [-0.2, 0) is 6.42 Å². The molecule has 7 heteroatoms. The minimum atomic E-state index is -1.50. The highest BCUT2D eigenvalue weighted by molar-refractivity contribution is 9.10. The molecule has 2 N–H and O–H groups in total. The maximum absolute atomic E-state index is 14.9. The second-order valence-electron chi connectivity index (χ2n) is 7.28. The van der Waals surface area contributed by atoms with Gasteiger partial charge < -0.3 is 10.1 Å². The van der Waals surface area contributed by atoms with Gasteiger partial charge >= 0.3 is 0 Å². The van der Waals surface area contributed by atoms with Gasteiger partial charge in [0.05, 0.1) is 12.6 Å². The zero-order valence-corrected chi connectivity index (χ0v) is 16.8. The molecular formula is C21H20BrF3N2O. The van der Waals surface area contributed by atoms with Crippen molar-refractivity contribution in [2.75, 3.05) is 13.2 Å². The van der Waals surface area contributed by atoms with Crippen molar-refractivity contribution in [1.29, 1.82) is 0 Å². The molecule has 0 amide bonds. The number of hydrogen-bond acceptors (Lipinski definition) is 2. The monoisotopic (exact) mass is 452 g/mol. The smallest absolute Gasteiger partial charge is 0.136 e. The van der Waals surface area contributed by atoms with Crippen LogP contribution in [-0.4, -0.2) is 40.4 Å². The summed E-state index contributed by atoms with van der Waals surface area (Å²) in [5.41, 5.74) is 2.42. The van der Waals surface area contributed by atoms with Gasteiger partial charge in [-0.3, -0.25) is 4.90 Å². The SMILES string of the molecule is CC1Cc2c([nH]c3ccccc23)C(c2c(F)cc(Br)cc2F)N1CC(F)CO. The van der Waals surface area contributed by atoms with Crippen molar-refractivity contribution in [2.45, 2.75) is 31.6 Å². The third-order valence-electron chi connectivity index (χ3n) is 5.44. The quantitative estimate of drug-likeness (QED) is 0.592. The zero-order valence-electron chi connectivity index (χ0n) is 15.2. The summed E-state index contributed by atoms with van der Waals surface area (Å²) in [7, 11) is 0. The van der Waals surface area contributed by atoms with Gasteiger partial charge in [0.1, 0.15) is 17.8 Å². The standard InChI is InChI=1S/C21H20BrF3N2O/c1-11-6-15-14-4-2-3-5-18(14)26-20(15)21(27(11)9-13(23)10-28)19-16(24)7-12(22)8-17(19)25/h2-5,7-8,11,13,21,26,28H,6,9-10H2,1H3. The summed E-state index contributed by atoms with van der Waals surface area (Å²) in [6.45, 7) is 1.16. The predicted molar refractivity (Wildman–Crippen MR) is 106 cm³/mol. The summed E-state index contributed by atoms with van der Waals surface area (Å²) in [5, 5.41) is 10.2. The molecule has 0 bridgehead atoms. The molecular weight excluding hydrogens is 433 g/mol. The molecule has 148 valence electrons. The summed E-state index contributed by atoms with van der Waals surface area (Å²) >= 11 is 3.11. The fourth-order valence-corrected chi connectivity index (χ4v) is 4.61. The topological polar surface area (TPSA) is 39.3 Å². The first-order chi connectivity index (χ1) is 13.4. The summed E-state index contributed by atoms with van der Waals surface area (Å²) in [4.78, 5) is 5.03. The van der Waals surface area contributed by atoms with E-state index in [2.05, 4.69) is 20.9 Å². The van der Waals surface area contributed by atoms with E-state index in [0.717, 1.165) is 16.5 Å². The Bertz CT molecular complexity index is 999. The Balaban J connectivity index is 1.95. The van der Waals surface area contributed by atoms with Crippen LogP contribution in [0.25, 0.3) is 10.9 Å². The summed E-state index contributed by atoms with van der Waals surface area (Å²) in [5.74, 6) is -1.39. The van der Waals surface area contributed by atoms with Gasteiger partial charge in [0.25, 0.3) is 0 Å². The summed E-state index contributed by atoms with van der Waals surface area (Å²) in [6.07, 6.45) is -0.884. The lowest BCUT2D eigenvalue weighted by Gasteiger charge is -2.41. The fourth-order valence-electron chi connectivity index (χ4n) is 4.20. The molecule has 3 unspecified atom stereocenters. The lowest BCUT2D eigenvalue weighted by Crippen LogP contribution is -2.46. The lowest BCUT2D eigenvalue weighted by molar-refractivity contribution is 0.0750.